The van der Waals surface area contributed by atoms with Crippen LogP contribution in [0, 0.1) is 11.3 Å². The second-order valence-corrected chi connectivity index (χ2v) is 8.72. The van der Waals surface area contributed by atoms with E-state index in [0.717, 1.165) is 45.4 Å². The van der Waals surface area contributed by atoms with Crippen LogP contribution in [-0.2, 0) is 14.8 Å². The maximum absolute atomic E-state index is 11.8. The standard InChI is InChI=1S/C15H30N2O3S/c1-4-16-12-15(7-9-20-13(15)2)10-14-6-5-8-17(11-14)21(3,18)19/h13-14,16H,4-12H2,1-3H3. The summed E-state index contributed by atoms with van der Waals surface area (Å²) in [6, 6.07) is 0. The molecule has 0 radical (unpaired) electrons. The highest BCUT2D eigenvalue weighted by Gasteiger charge is 2.43. The van der Waals surface area contributed by atoms with Crippen LogP contribution in [-0.4, -0.2) is 57.9 Å². The first-order chi connectivity index (χ1) is 9.87. The van der Waals surface area contributed by atoms with Crippen LogP contribution in [0.5, 0.6) is 0 Å². The number of piperidine rings is 1. The summed E-state index contributed by atoms with van der Waals surface area (Å²) in [6.07, 6.45) is 5.83. The van der Waals surface area contributed by atoms with E-state index in [2.05, 4.69) is 19.2 Å². The molecular weight excluding hydrogens is 288 g/mol. The lowest BCUT2D eigenvalue weighted by molar-refractivity contribution is 0.0434. The van der Waals surface area contributed by atoms with Gasteiger partial charge in [-0.3, -0.25) is 0 Å². The number of hydrogen-bond acceptors (Lipinski definition) is 4. The Balaban J connectivity index is 2.03. The molecule has 2 saturated heterocycles. The van der Waals surface area contributed by atoms with E-state index in [-0.39, 0.29) is 11.5 Å². The Morgan fingerprint density at radius 1 is 1.43 bits per heavy atom. The molecule has 2 aliphatic rings. The van der Waals surface area contributed by atoms with Gasteiger partial charge in [-0.05, 0) is 45.1 Å². The zero-order chi connectivity index (χ0) is 15.5. The van der Waals surface area contributed by atoms with Crippen LogP contribution in [0.4, 0.5) is 0 Å². The summed E-state index contributed by atoms with van der Waals surface area (Å²) in [4.78, 5) is 0. The molecule has 21 heavy (non-hydrogen) atoms. The number of rotatable bonds is 6. The van der Waals surface area contributed by atoms with Gasteiger partial charge in [0.25, 0.3) is 0 Å². The third kappa shape index (κ3) is 4.18. The van der Waals surface area contributed by atoms with Gasteiger partial charge in [0.15, 0.2) is 0 Å². The van der Waals surface area contributed by atoms with Crippen molar-refractivity contribution in [2.45, 2.75) is 45.6 Å². The van der Waals surface area contributed by atoms with Gasteiger partial charge < -0.3 is 10.1 Å². The molecule has 2 fully saturated rings. The Labute approximate surface area is 129 Å². The fourth-order valence-electron chi connectivity index (χ4n) is 3.83. The first-order valence-corrected chi connectivity index (χ1v) is 9.99. The second kappa shape index (κ2) is 6.94. The van der Waals surface area contributed by atoms with Gasteiger partial charge in [-0.1, -0.05) is 6.92 Å². The van der Waals surface area contributed by atoms with Crippen molar-refractivity contribution in [2.24, 2.45) is 11.3 Å². The van der Waals surface area contributed by atoms with Crippen LogP contribution in [0.15, 0.2) is 0 Å². The highest BCUT2D eigenvalue weighted by Crippen LogP contribution is 2.42. The van der Waals surface area contributed by atoms with E-state index in [9.17, 15) is 8.42 Å². The second-order valence-electron chi connectivity index (χ2n) is 6.74. The van der Waals surface area contributed by atoms with Crippen LogP contribution in [0.3, 0.4) is 0 Å². The quantitative estimate of drug-likeness (QED) is 0.805. The van der Waals surface area contributed by atoms with Gasteiger partial charge in [-0.15, -0.1) is 0 Å². The molecule has 0 aromatic heterocycles. The van der Waals surface area contributed by atoms with Gasteiger partial charge >= 0.3 is 0 Å². The van der Waals surface area contributed by atoms with Gasteiger partial charge in [0.1, 0.15) is 0 Å². The molecule has 0 spiro atoms. The Morgan fingerprint density at radius 3 is 2.76 bits per heavy atom. The van der Waals surface area contributed by atoms with Crippen LogP contribution in [0.2, 0.25) is 0 Å². The zero-order valence-electron chi connectivity index (χ0n) is 13.6. The van der Waals surface area contributed by atoms with Gasteiger partial charge in [-0.25, -0.2) is 12.7 Å². The van der Waals surface area contributed by atoms with Crippen LogP contribution in [0.25, 0.3) is 0 Å². The molecule has 2 rings (SSSR count). The smallest absolute Gasteiger partial charge is 0.211 e. The molecule has 124 valence electrons. The number of nitrogens with one attached hydrogen (secondary N) is 1. The normalized spacial score (nSPS) is 35.2. The van der Waals surface area contributed by atoms with E-state index in [4.69, 9.17) is 4.74 Å². The average Bonchev–Trinajstić information content (AvgIpc) is 2.77. The number of hydrogen-bond donors (Lipinski definition) is 1. The van der Waals surface area contributed by atoms with Crippen molar-refractivity contribution < 1.29 is 13.2 Å². The van der Waals surface area contributed by atoms with E-state index in [1.165, 1.54) is 6.26 Å². The minimum atomic E-state index is -3.06. The van der Waals surface area contributed by atoms with E-state index >= 15 is 0 Å². The van der Waals surface area contributed by atoms with Crippen molar-refractivity contribution >= 4 is 10.0 Å². The number of ether oxygens (including phenoxy) is 1. The SMILES string of the molecule is CCNCC1(CC2CCCN(S(C)(=O)=O)C2)CCOC1C. The van der Waals surface area contributed by atoms with Crippen molar-refractivity contribution in [3.8, 4) is 0 Å². The molecule has 6 heteroatoms. The molecule has 0 bridgehead atoms. The fourth-order valence-corrected chi connectivity index (χ4v) is 4.78. The van der Waals surface area contributed by atoms with Crippen LogP contribution < -0.4 is 5.32 Å². The zero-order valence-corrected chi connectivity index (χ0v) is 14.4. The minimum Gasteiger partial charge on any atom is -0.378 e. The maximum Gasteiger partial charge on any atom is 0.211 e. The Kier molecular flexibility index (Phi) is 5.68. The highest BCUT2D eigenvalue weighted by molar-refractivity contribution is 7.88. The molecular formula is C15H30N2O3S. The van der Waals surface area contributed by atoms with E-state index < -0.39 is 10.0 Å². The molecule has 0 aliphatic carbocycles. The Hall–Kier alpha value is -0.170. The van der Waals surface area contributed by atoms with Gasteiger partial charge in [-0.2, -0.15) is 0 Å². The van der Waals surface area contributed by atoms with Crippen molar-refractivity contribution in [3.05, 3.63) is 0 Å². The van der Waals surface area contributed by atoms with Crippen LogP contribution in [0.1, 0.15) is 39.5 Å². The van der Waals surface area contributed by atoms with Crippen molar-refractivity contribution in [2.75, 3.05) is 39.0 Å². The molecule has 3 unspecified atom stereocenters. The van der Waals surface area contributed by atoms with Crippen LogP contribution >= 0.6 is 0 Å². The van der Waals surface area contributed by atoms with Crippen molar-refractivity contribution in [1.82, 2.24) is 9.62 Å². The van der Waals surface area contributed by atoms with Gasteiger partial charge in [0.2, 0.25) is 10.0 Å². The van der Waals surface area contributed by atoms with Gasteiger partial charge in [0, 0.05) is 31.7 Å². The molecule has 0 aromatic rings. The largest absolute Gasteiger partial charge is 0.378 e. The molecule has 0 amide bonds. The summed E-state index contributed by atoms with van der Waals surface area (Å²) >= 11 is 0. The molecule has 5 nitrogen and oxygen atoms in total. The van der Waals surface area contributed by atoms with Crippen molar-refractivity contribution in [3.63, 3.8) is 0 Å². The van der Waals surface area contributed by atoms with Gasteiger partial charge in [0.05, 0.1) is 12.4 Å². The maximum atomic E-state index is 11.8. The molecule has 2 heterocycles. The average molecular weight is 318 g/mol. The summed E-state index contributed by atoms with van der Waals surface area (Å²) in [6.45, 7) is 8.42. The number of nitrogens with zero attached hydrogens (tertiary/aromatic N) is 1. The topological polar surface area (TPSA) is 58.6 Å². The summed E-state index contributed by atoms with van der Waals surface area (Å²) in [7, 11) is -3.06. The first kappa shape index (κ1) is 17.2. The Bertz CT molecular complexity index is 440. The summed E-state index contributed by atoms with van der Waals surface area (Å²) in [5, 5.41) is 3.48. The van der Waals surface area contributed by atoms with Crippen molar-refractivity contribution in [1.29, 1.82) is 0 Å². The monoisotopic (exact) mass is 318 g/mol. The third-order valence-electron chi connectivity index (χ3n) is 5.20. The minimum absolute atomic E-state index is 0.168. The molecule has 2 aliphatic heterocycles. The highest BCUT2D eigenvalue weighted by atomic mass is 32.2. The number of sulfonamides is 1. The lowest BCUT2D eigenvalue weighted by Crippen LogP contribution is -2.45. The molecule has 3 atom stereocenters. The predicted octanol–water partition coefficient (Wildman–Crippen LogP) is 1.45. The summed E-state index contributed by atoms with van der Waals surface area (Å²) in [5.74, 6) is 0.455. The Morgan fingerprint density at radius 2 is 2.19 bits per heavy atom. The van der Waals surface area contributed by atoms with E-state index in [1.807, 2.05) is 0 Å². The lowest BCUT2D eigenvalue weighted by atomic mass is 9.72. The molecule has 0 aromatic carbocycles. The first-order valence-electron chi connectivity index (χ1n) is 8.15. The fraction of sp³-hybridized carbons (Fsp3) is 1.00. The summed E-state index contributed by atoms with van der Waals surface area (Å²) in [5.41, 5.74) is 0.168. The lowest BCUT2D eigenvalue weighted by Gasteiger charge is -2.39. The third-order valence-corrected chi connectivity index (χ3v) is 6.47. The molecule has 0 saturated carbocycles. The predicted molar refractivity (Wildman–Crippen MR) is 84.8 cm³/mol. The van der Waals surface area contributed by atoms with E-state index in [0.29, 0.717) is 19.0 Å². The summed E-state index contributed by atoms with van der Waals surface area (Å²) < 4.78 is 31.0. The van der Waals surface area contributed by atoms with E-state index in [1.54, 1.807) is 4.31 Å². The molecule has 1 N–H and O–H groups in total.